The fourth-order valence-electron chi connectivity index (χ4n) is 2.98. The van der Waals surface area contributed by atoms with E-state index in [2.05, 4.69) is 16.4 Å². The summed E-state index contributed by atoms with van der Waals surface area (Å²) >= 11 is 0. The summed E-state index contributed by atoms with van der Waals surface area (Å²) in [6, 6.07) is 18.9. The normalized spacial score (nSPS) is 10.7. The zero-order chi connectivity index (χ0) is 18.8. The second-order valence-electron chi connectivity index (χ2n) is 6.33. The molecule has 0 aliphatic rings. The topological polar surface area (TPSA) is 55.6 Å². The third-order valence-electron chi connectivity index (χ3n) is 4.41. The molecule has 0 radical (unpaired) electrons. The molecule has 5 nitrogen and oxygen atoms in total. The van der Waals surface area contributed by atoms with Crippen LogP contribution >= 0.6 is 0 Å². The fraction of sp³-hybridized carbons (Fsp3) is 0.0909. The van der Waals surface area contributed by atoms with Gasteiger partial charge in [-0.05, 0) is 48.9 Å². The Morgan fingerprint density at radius 1 is 1.07 bits per heavy atom. The van der Waals surface area contributed by atoms with Gasteiger partial charge in [0.05, 0.1) is 18.4 Å². The van der Waals surface area contributed by atoms with Gasteiger partial charge in [0.15, 0.2) is 0 Å². The van der Waals surface area contributed by atoms with Crippen molar-refractivity contribution < 1.29 is 9.53 Å². The van der Waals surface area contributed by atoms with Crippen LogP contribution < -0.4 is 10.1 Å². The smallest absolute Gasteiger partial charge is 0.259 e. The number of methoxy groups -OCH3 is 1. The maximum atomic E-state index is 12.5. The number of amides is 1. The fourth-order valence-corrected chi connectivity index (χ4v) is 2.98. The molecule has 0 saturated carbocycles. The summed E-state index contributed by atoms with van der Waals surface area (Å²) < 4.78 is 7.25. The molecule has 4 aromatic rings. The van der Waals surface area contributed by atoms with Crippen LogP contribution in [0.5, 0.6) is 5.75 Å². The SMILES string of the molecule is COc1ccccc1C(=O)Nc1ccc(-c2cn3ccc(C)cc3n2)cc1. The Hall–Kier alpha value is -3.60. The minimum atomic E-state index is -0.205. The zero-order valence-corrected chi connectivity index (χ0v) is 15.1. The first-order valence-corrected chi connectivity index (χ1v) is 8.64. The van der Waals surface area contributed by atoms with Gasteiger partial charge in [0.25, 0.3) is 5.91 Å². The van der Waals surface area contributed by atoms with Gasteiger partial charge in [-0.15, -0.1) is 0 Å². The minimum Gasteiger partial charge on any atom is -0.496 e. The number of hydrogen-bond acceptors (Lipinski definition) is 3. The van der Waals surface area contributed by atoms with E-state index in [1.165, 1.54) is 5.56 Å². The number of anilines is 1. The van der Waals surface area contributed by atoms with E-state index in [1.54, 1.807) is 19.2 Å². The highest BCUT2D eigenvalue weighted by Gasteiger charge is 2.12. The number of nitrogens with zero attached hydrogens (tertiary/aromatic N) is 2. The van der Waals surface area contributed by atoms with E-state index in [9.17, 15) is 4.79 Å². The average molecular weight is 357 g/mol. The molecule has 0 aliphatic heterocycles. The van der Waals surface area contributed by atoms with Gasteiger partial charge in [-0.3, -0.25) is 4.79 Å². The molecule has 0 fully saturated rings. The highest BCUT2D eigenvalue weighted by molar-refractivity contribution is 6.06. The number of carbonyl (C=O) groups is 1. The van der Waals surface area contributed by atoms with E-state index < -0.39 is 0 Å². The van der Waals surface area contributed by atoms with Gasteiger partial charge in [0, 0.05) is 23.6 Å². The Bertz CT molecular complexity index is 1110. The molecular formula is C22H19N3O2. The van der Waals surface area contributed by atoms with Crippen molar-refractivity contribution in [3.63, 3.8) is 0 Å². The summed E-state index contributed by atoms with van der Waals surface area (Å²) in [5.41, 5.74) is 5.19. The molecule has 0 bridgehead atoms. The van der Waals surface area contributed by atoms with Gasteiger partial charge in [-0.25, -0.2) is 4.98 Å². The Morgan fingerprint density at radius 3 is 2.63 bits per heavy atom. The lowest BCUT2D eigenvalue weighted by Crippen LogP contribution is -2.12. The molecule has 134 valence electrons. The van der Waals surface area contributed by atoms with Crippen molar-refractivity contribution >= 4 is 17.2 Å². The van der Waals surface area contributed by atoms with Crippen molar-refractivity contribution in [1.29, 1.82) is 0 Å². The molecule has 0 unspecified atom stereocenters. The Kier molecular flexibility index (Phi) is 4.34. The molecule has 0 atom stereocenters. The predicted octanol–water partition coefficient (Wildman–Crippen LogP) is 4.57. The molecule has 2 heterocycles. The molecule has 27 heavy (non-hydrogen) atoms. The van der Waals surface area contributed by atoms with Crippen LogP contribution in [0.15, 0.2) is 73.1 Å². The van der Waals surface area contributed by atoms with E-state index in [-0.39, 0.29) is 5.91 Å². The van der Waals surface area contributed by atoms with Crippen molar-refractivity contribution in [2.24, 2.45) is 0 Å². The van der Waals surface area contributed by atoms with E-state index in [0.717, 1.165) is 16.9 Å². The van der Waals surface area contributed by atoms with Crippen molar-refractivity contribution in [3.8, 4) is 17.0 Å². The van der Waals surface area contributed by atoms with Crippen molar-refractivity contribution in [2.45, 2.75) is 6.92 Å². The van der Waals surface area contributed by atoms with Crippen LogP contribution in [0, 0.1) is 6.92 Å². The van der Waals surface area contributed by atoms with Gasteiger partial charge >= 0.3 is 0 Å². The number of aryl methyl sites for hydroxylation is 1. The van der Waals surface area contributed by atoms with Crippen LogP contribution in [0.2, 0.25) is 0 Å². The third-order valence-corrected chi connectivity index (χ3v) is 4.41. The number of fused-ring (bicyclic) bond motifs is 1. The monoisotopic (exact) mass is 357 g/mol. The number of pyridine rings is 1. The number of ether oxygens (including phenoxy) is 1. The van der Waals surface area contributed by atoms with E-state index in [0.29, 0.717) is 17.0 Å². The average Bonchev–Trinajstić information content (AvgIpc) is 3.11. The van der Waals surface area contributed by atoms with E-state index >= 15 is 0 Å². The highest BCUT2D eigenvalue weighted by Crippen LogP contribution is 2.23. The van der Waals surface area contributed by atoms with E-state index in [4.69, 9.17) is 4.74 Å². The van der Waals surface area contributed by atoms with Gasteiger partial charge < -0.3 is 14.5 Å². The molecule has 2 aromatic heterocycles. The molecule has 1 N–H and O–H groups in total. The van der Waals surface area contributed by atoms with Crippen LogP contribution in [-0.2, 0) is 0 Å². The lowest BCUT2D eigenvalue weighted by atomic mass is 10.1. The molecule has 0 aliphatic carbocycles. The maximum Gasteiger partial charge on any atom is 0.259 e. The maximum absolute atomic E-state index is 12.5. The van der Waals surface area contributed by atoms with Crippen LogP contribution in [0.3, 0.4) is 0 Å². The number of carbonyl (C=O) groups excluding carboxylic acids is 1. The second-order valence-corrected chi connectivity index (χ2v) is 6.33. The molecular weight excluding hydrogens is 338 g/mol. The molecule has 4 rings (SSSR count). The first-order valence-electron chi connectivity index (χ1n) is 8.64. The Labute approximate surface area is 157 Å². The zero-order valence-electron chi connectivity index (χ0n) is 15.1. The Morgan fingerprint density at radius 2 is 1.85 bits per heavy atom. The van der Waals surface area contributed by atoms with Crippen molar-refractivity contribution in [3.05, 3.63) is 84.2 Å². The van der Waals surface area contributed by atoms with Crippen molar-refractivity contribution in [1.82, 2.24) is 9.38 Å². The van der Waals surface area contributed by atoms with Crippen LogP contribution in [0.4, 0.5) is 5.69 Å². The molecule has 5 heteroatoms. The van der Waals surface area contributed by atoms with Crippen molar-refractivity contribution in [2.75, 3.05) is 12.4 Å². The van der Waals surface area contributed by atoms with Crippen LogP contribution in [0.25, 0.3) is 16.9 Å². The van der Waals surface area contributed by atoms with Crippen LogP contribution in [0.1, 0.15) is 15.9 Å². The number of imidazole rings is 1. The lowest BCUT2D eigenvalue weighted by Gasteiger charge is -2.09. The lowest BCUT2D eigenvalue weighted by molar-refractivity contribution is 0.102. The summed E-state index contributed by atoms with van der Waals surface area (Å²) in [6.45, 7) is 2.05. The number of rotatable bonds is 4. The van der Waals surface area contributed by atoms with Gasteiger partial charge in [-0.1, -0.05) is 24.3 Å². The molecule has 2 aromatic carbocycles. The van der Waals surface area contributed by atoms with Gasteiger partial charge in [-0.2, -0.15) is 0 Å². The first kappa shape index (κ1) is 16.8. The predicted molar refractivity (Wildman–Crippen MR) is 106 cm³/mol. The van der Waals surface area contributed by atoms with Gasteiger partial charge in [0.2, 0.25) is 0 Å². The molecule has 0 saturated heterocycles. The summed E-state index contributed by atoms with van der Waals surface area (Å²) in [5.74, 6) is 0.343. The van der Waals surface area contributed by atoms with Gasteiger partial charge in [0.1, 0.15) is 11.4 Å². The molecule has 1 amide bonds. The summed E-state index contributed by atoms with van der Waals surface area (Å²) in [6.07, 6.45) is 4.00. The standard InChI is InChI=1S/C22H19N3O2/c1-15-11-12-25-14-19(24-21(25)13-15)16-7-9-17(10-8-16)23-22(26)18-5-3-4-6-20(18)27-2/h3-14H,1-2H3,(H,23,26). The highest BCUT2D eigenvalue weighted by atomic mass is 16.5. The number of nitrogens with one attached hydrogen (secondary N) is 1. The summed E-state index contributed by atoms with van der Waals surface area (Å²) in [7, 11) is 1.55. The van der Waals surface area contributed by atoms with E-state index in [1.807, 2.05) is 66.2 Å². The second kappa shape index (κ2) is 6.96. The number of benzene rings is 2. The Balaban J connectivity index is 1.55. The van der Waals surface area contributed by atoms with Crippen LogP contribution in [-0.4, -0.2) is 22.4 Å². The number of hydrogen-bond donors (Lipinski definition) is 1. The summed E-state index contributed by atoms with van der Waals surface area (Å²) in [4.78, 5) is 17.2. The first-order chi connectivity index (χ1) is 13.1. The minimum absolute atomic E-state index is 0.205. The number of para-hydroxylation sites is 1. The summed E-state index contributed by atoms with van der Waals surface area (Å²) in [5, 5.41) is 2.90. The molecule has 0 spiro atoms. The largest absolute Gasteiger partial charge is 0.496 e. The quantitative estimate of drug-likeness (QED) is 0.582. The number of aromatic nitrogens is 2. The third kappa shape index (κ3) is 3.40.